The maximum atomic E-state index is 12.3. The van der Waals surface area contributed by atoms with E-state index in [2.05, 4.69) is 26.8 Å². The van der Waals surface area contributed by atoms with Gasteiger partial charge in [0, 0.05) is 13.0 Å². The number of carbonyl (C=O) groups excluding carboxylic acids is 2. The number of likely N-dealkylation sites (tertiary alicyclic amines) is 1. The van der Waals surface area contributed by atoms with E-state index < -0.39 is 0 Å². The van der Waals surface area contributed by atoms with E-state index in [0.29, 0.717) is 13.0 Å². The van der Waals surface area contributed by atoms with E-state index in [1.807, 2.05) is 4.90 Å². The van der Waals surface area contributed by atoms with Crippen LogP contribution < -0.4 is 0 Å². The average Bonchev–Trinajstić information content (AvgIpc) is 3.09. The number of Topliss-reactive ketones (excluding diaryl/α,β-unsaturated/α-hetero) is 1. The van der Waals surface area contributed by atoms with Gasteiger partial charge in [0.05, 0.1) is 6.04 Å². The number of hydrogen-bond acceptors (Lipinski definition) is 2. The molecule has 1 heterocycles. The molecule has 0 aromatic rings. The van der Waals surface area contributed by atoms with Gasteiger partial charge in [-0.3, -0.25) is 9.59 Å². The van der Waals surface area contributed by atoms with Crippen molar-refractivity contribution in [2.24, 2.45) is 0 Å². The lowest BCUT2D eigenvalue weighted by atomic mass is 9.97. The summed E-state index contributed by atoms with van der Waals surface area (Å²) in [6, 6.07) is 0.133. The molecule has 0 radical (unpaired) electrons. The number of allylic oxidation sites excluding steroid dienone is 1. The molecule has 31 heavy (non-hydrogen) atoms. The summed E-state index contributed by atoms with van der Waals surface area (Å²) in [6.45, 7) is 7.28. The molecule has 0 aromatic heterocycles. The van der Waals surface area contributed by atoms with E-state index in [-0.39, 0.29) is 17.7 Å². The summed E-state index contributed by atoms with van der Waals surface area (Å²) < 4.78 is 0. The van der Waals surface area contributed by atoms with Crippen LogP contribution in [-0.4, -0.2) is 29.2 Å². The summed E-state index contributed by atoms with van der Waals surface area (Å²) >= 11 is 0. The molecule has 3 nitrogen and oxygen atoms in total. The molecule has 0 N–H and O–H groups in total. The molecule has 0 aromatic carbocycles. The molecule has 3 heteroatoms. The largest absolute Gasteiger partial charge is 0.329 e. The topological polar surface area (TPSA) is 37.4 Å². The van der Waals surface area contributed by atoms with Crippen LogP contribution in [0.25, 0.3) is 0 Å². The van der Waals surface area contributed by atoms with Crippen LogP contribution in [0.4, 0.5) is 0 Å². The van der Waals surface area contributed by atoms with Gasteiger partial charge >= 0.3 is 0 Å². The van der Waals surface area contributed by atoms with E-state index in [1.54, 1.807) is 0 Å². The summed E-state index contributed by atoms with van der Waals surface area (Å²) in [5.41, 5.74) is 1.29. The third kappa shape index (κ3) is 12.5. The van der Waals surface area contributed by atoms with Gasteiger partial charge in [0.2, 0.25) is 5.78 Å². The second kappa shape index (κ2) is 18.5. The lowest BCUT2D eigenvalue weighted by Gasteiger charge is -2.28. The molecule has 1 unspecified atom stereocenters. The van der Waals surface area contributed by atoms with Crippen LogP contribution in [0.3, 0.4) is 0 Å². The molecule has 1 saturated heterocycles. The maximum absolute atomic E-state index is 12.3. The number of hydrogen-bond donors (Lipinski definition) is 0. The second-order valence-electron chi connectivity index (χ2n) is 9.66. The SMILES string of the molecule is CCCCCC=C(C)C(CCCCCCCCCCCCCCC)N1CCC(=O)C1=O. The molecule has 1 atom stereocenters. The first-order valence-corrected chi connectivity index (χ1v) is 13.6. The number of unbranched alkanes of at least 4 members (excludes halogenated alkanes) is 15. The summed E-state index contributed by atoms with van der Waals surface area (Å²) in [6.07, 6.45) is 26.1. The van der Waals surface area contributed by atoms with Crippen LogP contribution in [-0.2, 0) is 9.59 Å². The van der Waals surface area contributed by atoms with E-state index in [4.69, 9.17) is 0 Å². The van der Waals surface area contributed by atoms with Gasteiger partial charge in [-0.25, -0.2) is 0 Å². The quantitative estimate of drug-likeness (QED) is 0.110. The van der Waals surface area contributed by atoms with Crippen molar-refractivity contribution < 1.29 is 9.59 Å². The Bertz CT molecular complexity index is 511. The summed E-state index contributed by atoms with van der Waals surface area (Å²) in [5.74, 6) is -0.449. The molecule has 1 aliphatic heterocycles. The third-order valence-corrected chi connectivity index (χ3v) is 6.84. The number of carbonyl (C=O) groups is 2. The minimum absolute atomic E-state index is 0.133. The van der Waals surface area contributed by atoms with Crippen LogP contribution in [0.15, 0.2) is 11.6 Å². The Balaban J connectivity index is 2.22. The Morgan fingerprint density at radius 1 is 0.774 bits per heavy atom. The zero-order valence-corrected chi connectivity index (χ0v) is 21.1. The molecular formula is C28H51NO2. The van der Waals surface area contributed by atoms with Crippen molar-refractivity contribution in [3.05, 3.63) is 11.6 Å². The number of rotatable bonds is 20. The Hall–Kier alpha value is -1.12. The molecule has 1 amide bonds. The van der Waals surface area contributed by atoms with Crippen LogP contribution in [0.2, 0.25) is 0 Å². The predicted molar refractivity (Wildman–Crippen MR) is 133 cm³/mol. The third-order valence-electron chi connectivity index (χ3n) is 6.84. The smallest absolute Gasteiger partial charge is 0.290 e. The highest BCUT2D eigenvalue weighted by molar-refractivity contribution is 6.38. The standard InChI is InChI=1S/C28H51NO2/c1-4-6-8-10-11-12-13-14-15-16-17-18-20-22-26(25(3)21-19-9-7-5-2)29-24-23-27(30)28(29)31/h21,26H,4-20,22-24H2,1-3H3. The Kier molecular flexibility index (Phi) is 16.6. The van der Waals surface area contributed by atoms with E-state index in [0.717, 1.165) is 19.3 Å². The van der Waals surface area contributed by atoms with Crippen LogP contribution >= 0.6 is 0 Å². The van der Waals surface area contributed by atoms with Crippen molar-refractivity contribution in [1.82, 2.24) is 4.90 Å². The fraction of sp³-hybridized carbons (Fsp3) is 0.857. The summed E-state index contributed by atoms with van der Waals surface area (Å²) in [7, 11) is 0. The molecule has 1 fully saturated rings. The Morgan fingerprint density at radius 3 is 1.74 bits per heavy atom. The Labute approximate surface area is 193 Å². The van der Waals surface area contributed by atoms with Crippen molar-refractivity contribution in [2.75, 3.05) is 6.54 Å². The van der Waals surface area contributed by atoms with Crippen molar-refractivity contribution in [2.45, 2.75) is 149 Å². The van der Waals surface area contributed by atoms with Crippen molar-refractivity contribution in [3.8, 4) is 0 Å². The normalized spacial score (nSPS) is 15.8. The molecule has 1 aliphatic rings. The maximum Gasteiger partial charge on any atom is 0.290 e. The fourth-order valence-corrected chi connectivity index (χ4v) is 4.73. The first-order valence-electron chi connectivity index (χ1n) is 13.6. The highest BCUT2D eigenvalue weighted by Crippen LogP contribution is 2.23. The lowest BCUT2D eigenvalue weighted by Crippen LogP contribution is -2.38. The number of nitrogens with zero attached hydrogens (tertiary/aromatic N) is 1. The zero-order valence-electron chi connectivity index (χ0n) is 21.1. The van der Waals surface area contributed by atoms with E-state index in [9.17, 15) is 9.59 Å². The molecule has 180 valence electrons. The lowest BCUT2D eigenvalue weighted by molar-refractivity contribution is -0.140. The summed E-state index contributed by atoms with van der Waals surface area (Å²) in [4.78, 5) is 26.0. The molecule has 1 rings (SSSR count). The van der Waals surface area contributed by atoms with Gasteiger partial charge in [-0.05, 0) is 26.2 Å². The first kappa shape index (κ1) is 27.9. The predicted octanol–water partition coefficient (Wildman–Crippen LogP) is 8.16. The van der Waals surface area contributed by atoms with Crippen molar-refractivity contribution >= 4 is 11.7 Å². The number of amides is 1. The minimum Gasteiger partial charge on any atom is -0.329 e. The average molecular weight is 434 g/mol. The molecule has 0 spiro atoms. The zero-order chi connectivity index (χ0) is 22.7. The minimum atomic E-state index is -0.249. The number of ketones is 1. The Morgan fingerprint density at radius 2 is 1.26 bits per heavy atom. The highest BCUT2D eigenvalue weighted by Gasteiger charge is 2.34. The van der Waals surface area contributed by atoms with Gasteiger partial charge < -0.3 is 4.90 Å². The van der Waals surface area contributed by atoms with Crippen molar-refractivity contribution in [3.63, 3.8) is 0 Å². The van der Waals surface area contributed by atoms with Gasteiger partial charge in [-0.1, -0.05) is 122 Å². The molecular weight excluding hydrogens is 382 g/mol. The molecule has 0 aliphatic carbocycles. The monoisotopic (exact) mass is 433 g/mol. The summed E-state index contributed by atoms with van der Waals surface area (Å²) in [5, 5.41) is 0. The fourth-order valence-electron chi connectivity index (χ4n) is 4.73. The van der Waals surface area contributed by atoms with Gasteiger partial charge in [0.25, 0.3) is 5.91 Å². The van der Waals surface area contributed by atoms with Crippen LogP contribution in [0, 0.1) is 0 Å². The highest BCUT2D eigenvalue weighted by atomic mass is 16.2. The first-order chi connectivity index (χ1) is 15.1. The van der Waals surface area contributed by atoms with E-state index in [1.165, 1.54) is 102 Å². The van der Waals surface area contributed by atoms with Crippen LogP contribution in [0.5, 0.6) is 0 Å². The van der Waals surface area contributed by atoms with Gasteiger partial charge in [-0.2, -0.15) is 0 Å². The second-order valence-corrected chi connectivity index (χ2v) is 9.66. The molecule has 0 saturated carbocycles. The van der Waals surface area contributed by atoms with E-state index >= 15 is 0 Å². The van der Waals surface area contributed by atoms with Gasteiger partial charge in [-0.15, -0.1) is 0 Å². The van der Waals surface area contributed by atoms with Gasteiger partial charge in [0.1, 0.15) is 0 Å². The van der Waals surface area contributed by atoms with Gasteiger partial charge in [0.15, 0.2) is 0 Å². The van der Waals surface area contributed by atoms with Crippen molar-refractivity contribution in [1.29, 1.82) is 0 Å². The van der Waals surface area contributed by atoms with Crippen LogP contribution in [0.1, 0.15) is 143 Å². The molecule has 0 bridgehead atoms.